The zero-order valence-corrected chi connectivity index (χ0v) is 13.3. The fraction of sp³-hybridized carbons (Fsp3) is 0.462. The highest BCUT2D eigenvalue weighted by atomic mass is 31.2. The van der Waals surface area contributed by atoms with Gasteiger partial charge in [-0.2, -0.15) is 14.4 Å². The standard InChI is InChI=1S/C13H15FN5O4P/c14-12-17-9(15)8-10(18-12)19(6-16-8)11-7-4-13(23-11,5-22-7)2-1-3-24(20)21/h1,3,6-7,11,20-21H,2,4-5H2,(H2,15,17,18)/b3-1+. The number of anilines is 1. The second kappa shape index (κ2) is 5.68. The first kappa shape index (κ1) is 15.8. The van der Waals surface area contributed by atoms with Gasteiger partial charge >= 0.3 is 6.08 Å². The molecule has 0 spiro atoms. The summed E-state index contributed by atoms with van der Waals surface area (Å²) in [6.07, 6.45) is 2.62. The molecule has 4 heterocycles. The molecule has 2 aromatic rings. The summed E-state index contributed by atoms with van der Waals surface area (Å²) in [5, 5.41) is 0. The number of rotatable bonds is 4. The summed E-state index contributed by atoms with van der Waals surface area (Å²) in [5.74, 6) is 1.31. The number of fused-ring (bicyclic) bond motifs is 3. The van der Waals surface area contributed by atoms with Crippen LogP contribution < -0.4 is 5.73 Å². The van der Waals surface area contributed by atoms with Crippen LogP contribution in [-0.2, 0) is 9.47 Å². The molecule has 2 aliphatic heterocycles. The second-order valence-electron chi connectivity index (χ2n) is 5.86. The van der Waals surface area contributed by atoms with Crippen LogP contribution in [0.4, 0.5) is 10.2 Å². The minimum Gasteiger partial charge on any atom is -0.382 e. The van der Waals surface area contributed by atoms with Crippen molar-refractivity contribution in [3.05, 3.63) is 24.3 Å². The Hall–Kier alpha value is -1.71. The smallest absolute Gasteiger partial charge is 0.312 e. The van der Waals surface area contributed by atoms with Crippen molar-refractivity contribution in [1.82, 2.24) is 19.5 Å². The van der Waals surface area contributed by atoms with Crippen molar-refractivity contribution in [2.24, 2.45) is 0 Å². The molecular formula is C13H15FN5O4P. The summed E-state index contributed by atoms with van der Waals surface area (Å²) in [4.78, 5) is 29.3. The highest BCUT2D eigenvalue weighted by Crippen LogP contribution is 2.47. The van der Waals surface area contributed by atoms with Gasteiger partial charge in [-0.15, -0.1) is 0 Å². The number of ether oxygens (including phenoxy) is 2. The summed E-state index contributed by atoms with van der Waals surface area (Å²) in [6, 6.07) is 0. The summed E-state index contributed by atoms with van der Waals surface area (Å²) in [6.45, 7) is 0.408. The van der Waals surface area contributed by atoms with Crippen molar-refractivity contribution in [3.8, 4) is 0 Å². The lowest BCUT2D eigenvalue weighted by Crippen LogP contribution is -2.35. The van der Waals surface area contributed by atoms with E-state index >= 15 is 0 Å². The number of hydrogen-bond donors (Lipinski definition) is 3. The molecule has 24 heavy (non-hydrogen) atoms. The maximum absolute atomic E-state index is 13.5. The molecule has 2 aromatic heterocycles. The molecule has 0 amide bonds. The Morgan fingerprint density at radius 3 is 3.12 bits per heavy atom. The molecule has 4 rings (SSSR count). The van der Waals surface area contributed by atoms with E-state index in [2.05, 4.69) is 15.0 Å². The highest BCUT2D eigenvalue weighted by molar-refractivity contribution is 7.48. The van der Waals surface area contributed by atoms with Crippen LogP contribution in [0.3, 0.4) is 0 Å². The molecule has 0 saturated carbocycles. The van der Waals surface area contributed by atoms with Gasteiger partial charge in [-0.1, -0.05) is 6.08 Å². The number of nitrogens with zero attached hydrogens (tertiary/aromatic N) is 4. The number of hydrogen-bond acceptors (Lipinski definition) is 8. The van der Waals surface area contributed by atoms with E-state index in [1.165, 1.54) is 12.1 Å². The normalized spacial score (nSPS) is 29.5. The van der Waals surface area contributed by atoms with Crippen molar-refractivity contribution in [1.29, 1.82) is 0 Å². The van der Waals surface area contributed by atoms with Gasteiger partial charge in [0.1, 0.15) is 11.7 Å². The molecular weight excluding hydrogens is 340 g/mol. The maximum atomic E-state index is 13.5. The third kappa shape index (κ3) is 2.56. The van der Waals surface area contributed by atoms with E-state index in [1.807, 2.05) is 0 Å². The van der Waals surface area contributed by atoms with Crippen LogP contribution in [0.25, 0.3) is 11.2 Å². The summed E-state index contributed by atoms with van der Waals surface area (Å²) < 4.78 is 27.0. The van der Waals surface area contributed by atoms with Gasteiger partial charge in [-0.05, 0) is 12.2 Å². The Bertz CT molecular complexity index is 815. The fourth-order valence-corrected chi connectivity index (χ4v) is 3.52. The zero-order chi connectivity index (χ0) is 16.9. The molecule has 0 aromatic carbocycles. The summed E-state index contributed by atoms with van der Waals surface area (Å²) in [7, 11) is -2.08. The monoisotopic (exact) mass is 355 g/mol. The topological polar surface area (TPSA) is 129 Å². The Morgan fingerprint density at radius 2 is 2.33 bits per heavy atom. The molecule has 0 aliphatic carbocycles. The third-order valence-electron chi connectivity index (χ3n) is 4.25. The van der Waals surface area contributed by atoms with Gasteiger partial charge in [-0.25, -0.2) is 4.98 Å². The van der Waals surface area contributed by atoms with E-state index in [0.29, 0.717) is 25.0 Å². The molecule has 2 aliphatic rings. The number of nitrogens with two attached hydrogens (primary N) is 1. The number of halogens is 1. The summed E-state index contributed by atoms with van der Waals surface area (Å²) >= 11 is 0. The fourth-order valence-electron chi connectivity index (χ4n) is 3.23. The quantitative estimate of drug-likeness (QED) is 0.543. The Morgan fingerprint density at radius 1 is 1.50 bits per heavy atom. The molecule has 128 valence electrons. The van der Waals surface area contributed by atoms with Gasteiger partial charge in [-0.3, -0.25) is 4.57 Å². The lowest BCUT2D eigenvalue weighted by molar-refractivity contribution is -0.169. The van der Waals surface area contributed by atoms with Gasteiger partial charge in [0.05, 0.1) is 12.9 Å². The average molecular weight is 355 g/mol. The van der Waals surface area contributed by atoms with Crippen LogP contribution in [-0.4, -0.2) is 47.6 Å². The number of aromatic nitrogens is 4. The van der Waals surface area contributed by atoms with Crippen LogP contribution in [0, 0.1) is 6.08 Å². The van der Waals surface area contributed by atoms with E-state index in [4.69, 9.17) is 25.0 Å². The molecule has 0 radical (unpaired) electrons. The van der Waals surface area contributed by atoms with E-state index in [9.17, 15) is 4.39 Å². The molecule has 2 saturated heterocycles. The lowest BCUT2D eigenvalue weighted by atomic mass is 9.99. The van der Waals surface area contributed by atoms with Gasteiger partial charge in [0.2, 0.25) is 0 Å². The molecule has 2 fully saturated rings. The van der Waals surface area contributed by atoms with Crippen LogP contribution in [0.1, 0.15) is 19.1 Å². The Kier molecular flexibility index (Phi) is 3.74. The first-order valence-corrected chi connectivity index (χ1v) is 8.58. The number of nitrogen functional groups attached to an aromatic ring is 1. The average Bonchev–Trinajstić information content (AvgIpc) is 3.18. The van der Waals surface area contributed by atoms with E-state index in [1.54, 1.807) is 10.6 Å². The lowest BCUT2D eigenvalue weighted by Gasteiger charge is -2.30. The molecule has 11 heteroatoms. The predicted molar refractivity (Wildman–Crippen MR) is 82.0 cm³/mol. The second-order valence-corrected chi connectivity index (χ2v) is 6.80. The molecule has 3 atom stereocenters. The van der Waals surface area contributed by atoms with Gasteiger partial charge in [0, 0.05) is 6.42 Å². The van der Waals surface area contributed by atoms with Crippen molar-refractivity contribution >= 4 is 25.4 Å². The van der Waals surface area contributed by atoms with Crippen molar-refractivity contribution < 1.29 is 23.7 Å². The van der Waals surface area contributed by atoms with E-state index in [0.717, 1.165) is 0 Å². The van der Waals surface area contributed by atoms with Crippen LogP contribution in [0.15, 0.2) is 18.2 Å². The molecule has 3 unspecified atom stereocenters. The minimum atomic E-state index is -2.08. The van der Waals surface area contributed by atoms with Crippen LogP contribution in [0.5, 0.6) is 0 Å². The Labute approximate surface area is 136 Å². The van der Waals surface area contributed by atoms with Gasteiger partial charge < -0.3 is 25.0 Å². The highest BCUT2D eigenvalue weighted by Gasteiger charge is 2.53. The first-order chi connectivity index (χ1) is 11.5. The van der Waals surface area contributed by atoms with E-state index < -0.39 is 26.3 Å². The minimum absolute atomic E-state index is 0.0304. The summed E-state index contributed by atoms with van der Waals surface area (Å²) in [5.41, 5.74) is 5.68. The maximum Gasteiger partial charge on any atom is 0.312 e. The van der Waals surface area contributed by atoms with E-state index in [-0.39, 0.29) is 17.6 Å². The number of imidazole rings is 1. The van der Waals surface area contributed by atoms with Crippen LogP contribution >= 0.6 is 8.38 Å². The molecule has 4 N–H and O–H groups in total. The molecule has 2 bridgehead atoms. The van der Waals surface area contributed by atoms with Gasteiger partial charge in [0.15, 0.2) is 31.6 Å². The van der Waals surface area contributed by atoms with Crippen LogP contribution in [0.2, 0.25) is 0 Å². The van der Waals surface area contributed by atoms with Crippen molar-refractivity contribution in [2.75, 3.05) is 12.3 Å². The largest absolute Gasteiger partial charge is 0.382 e. The first-order valence-electron chi connectivity index (χ1n) is 7.26. The SMILES string of the molecule is Nc1nc(F)nc2c1ncn2C1OC2(C/C=C/P(O)O)COC1C2. The molecule has 9 nitrogen and oxygen atoms in total. The van der Waals surface area contributed by atoms with Gasteiger partial charge in [0.25, 0.3) is 0 Å². The van der Waals surface area contributed by atoms with Crippen molar-refractivity contribution in [3.63, 3.8) is 0 Å². The Balaban J connectivity index is 1.63. The third-order valence-corrected chi connectivity index (χ3v) is 4.72. The zero-order valence-electron chi connectivity index (χ0n) is 12.4. The predicted octanol–water partition coefficient (Wildman–Crippen LogP) is 0.804. The van der Waals surface area contributed by atoms with Crippen molar-refractivity contribution in [2.45, 2.75) is 30.8 Å².